The Labute approximate surface area is 118 Å². The van der Waals surface area contributed by atoms with E-state index in [0.29, 0.717) is 5.82 Å². The van der Waals surface area contributed by atoms with Crippen molar-refractivity contribution in [2.75, 3.05) is 5.73 Å². The molecule has 0 aromatic carbocycles. The number of nitrogens with zero attached hydrogens (tertiary/aromatic N) is 2. The molecule has 0 amide bonds. The Morgan fingerprint density at radius 1 is 1.38 bits per heavy atom. The summed E-state index contributed by atoms with van der Waals surface area (Å²) in [5.41, 5.74) is 4.55. The predicted molar refractivity (Wildman–Crippen MR) is 70.0 cm³/mol. The van der Waals surface area contributed by atoms with E-state index in [0.717, 1.165) is 10.6 Å². The van der Waals surface area contributed by atoms with Gasteiger partial charge in [0, 0.05) is 12.0 Å². The lowest BCUT2D eigenvalue weighted by Crippen LogP contribution is -2.35. The lowest BCUT2D eigenvalue weighted by molar-refractivity contribution is -0.0295. The Kier molecular flexibility index (Phi) is 4.28. The summed E-state index contributed by atoms with van der Waals surface area (Å²) in [5, 5.41) is 19.7. The highest BCUT2D eigenvalue weighted by molar-refractivity contribution is 7.55. The Morgan fingerprint density at radius 2 is 2.05 bits per heavy atom. The number of rotatable bonds is 3. The van der Waals surface area contributed by atoms with Crippen LogP contribution in [0.1, 0.15) is 6.23 Å². The van der Waals surface area contributed by atoms with Crippen molar-refractivity contribution in [2.45, 2.75) is 24.5 Å². The summed E-state index contributed by atoms with van der Waals surface area (Å²) in [6.45, 7) is 0. The number of aromatic nitrogens is 2. The molecular formula is C10H14N3O7P. The normalized spacial score (nSPS) is 30.1. The molecule has 21 heavy (non-hydrogen) atoms. The number of hydrogen-bond acceptors (Lipinski definition) is 7. The minimum absolute atomic E-state index is 0.0118. The third-order valence-corrected chi connectivity index (χ3v) is 3.43. The molecule has 1 fully saturated rings. The molecule has 2 heterocycles. The molecule has 1 aliphatic heterocycles. The lowest BCUT2D eigenvalue weighted by Gasteiger charge is -2.16. The Hall–Kier alpha value is -1.55. The van der Waals surface area contributed by atoms with Crippen molar-refractivity contribution in [1.82, 2.24) is 9.55 Å². The third-order valence-electron chi connectivity index (χ3n) is 2.87. The van der Waals surface area contributed by atoms with Gasteiger partial charge in [-0.1, -0.05) is 0 Å². The summed E-state index contributed by atoms with van der Waals surface area (Å²) in [6, 6.07) is 1.31. The van der Waals surface area contributed by atoms with Crippen molar-refractivity contribution in [2.24, 2.45) is 0 Å². The van der Waals surface area contributed by atoms with Gasteiger partial charge in [-0.15, -0.1) is 0 Å². The smallest absolute Gasteiger partial charge is 0.351 e. The zero-order valence-electron chi connectivity index (χ0n) is 10.6. The monoisotopic (exact) mass is 319 g/mol. The van der Waals surface area contributed by atoms with Gasteiger partial charge in [0.2, 0.25) is 0 Å². The standard InChI is InChI=1S/C10H14N3O7P/c11-6-1-3-13(10(16)12-6)9-8(15)7(14)5(20-9)2-4-21(17,18)19/h1-5,7-9,14-15H,(H2,11,12,16)(H2,17,18,19)/b4-2+/t5-,7-,8-,9-/m1/s1. The largest absolute Gasteiger partial charge is 0.387 e. The van der Waals surface area contributed by atoms with Crippen LogP contribution in [0.4, 0.5) is 5.82 Å². The van der Waals surface area contributed by atoms with Crippen LogP contribution < -0.4 is 11.4 Å². The molecule has 0 radical (unpaired) electrons. The van der Waals surface area contributed by atoms with Gasteiger partial charge in [0.25, 0.3) is 0 Å². The van der Waals surface area contributed by atoms with E-state index in [-0.39, 0.29) is 5.82 Å². The van der Waals surface area contributed by atoms with Gasteiger partial charge >= 0.3 is 13.3 Å². The van der Waals surface area contributed by atoms with Crippen molar-refractivity contribution in [3.63, 3.8) is 0 Å². The minimum Gasteiger partial charge on any atom is -0.387 e. The van der Waals surface area contributed by atoms with Crippen LogP contribution in [0.3, 0.4) is 0 Å². The van der Waals surface area contributed by atoms with Crippen molar-refractivity contribution in [3.8, 4) is 0 Å². The topological polar surface area (TPSA) is 168 Å². The molecule has 4 atom stereocenters. The molecule has 1 aromatic rings. The SMILES string of the molecule is Nc1ccn([C@@H]2O[C@H](/C=C/P(=O)(O)O)[C@@H](O)[C@H]2O)c(=O)n1. The molecule has 1 aromatic heterocycles. The van der Waals surface area contributed by atoms with Crippen LogP contribution in [-0.4, -0.2) is 47.9 Å². The number of nitrogens with two attached hydrogens (primary N) is 1. The summed E-state index contributed by atoms with van der Waals surface area (Å²) < 4.78 is 16.9. The molecule has 1 saturated heterocycles. The fraction of sp³-hybridized carbons (Fsp3) is 0.400. The summed E-state index contributed by atoms with van der Waals surface area (Å²) in [5.74, 6) is 0.544. The number of nitrogen functional groups attached to an aromatic ring is 1. The van der Waals surface area contributed by atoms with E-state index in [2.05, 4.69) is 4.98 Å². The van der Waals surface area contributed by atoms with Gasteiger partial charge in [-0.05, 0) is 12.1 Å². The summed E-state index contributed by atoms with van der Waals surface area (Å²) in [6.07, 6.45) is -3.18. The van der Waals surface area contributed by atoms with Crippen LogP contribution in [0, 0.1) is 0 Å². The van der Waals surface area contributed by atoms with Crippen molar-refractivity contribution in [3.05, 3.63) is 34.6 Å². The molecule has 2 rings (SSSR count). The third kappa shape index (κ3) is 3.56. The van der Waals surface area contributed by atoms with Crippen molar-refractivity contribution < 1.29 is 29.3 Å². The summed E-state index contributed by atoms with van der Waals surface area (Å²) in [4.78, 5) is 32.6. The first-order valence-electron chi connectivity index (χ1n) is 5.80. The Morgan fingerprint density at radius 3 is 2.62 bits per heavy atom. The van der Waals surface area contributed by atoms with Crippen LogP contribution in [0.2, 0.25) is 0 Å². The Balaban J connectivity index is 2.26. The average molecular weight is 319 g/mol. The molecule has 0 unspecified atom stereocenters. The second-order valence-corrected chi connectivity index (χ2v) is 5.92. The van der Waals surface area contributed by atoms with Crippen LogP contribution in [-0.2, 0) is 9.30 Å². The zero-order valence-corrected chi connectivity index (χ0v) is 11.4. The zero-order chi connectivity index (χ0) is 15.8. The van der Waals surface area contributed by atoms with Gasteiger partial charge in [-0.25, -0.2) is 4.79 Å². The first-order valence-corrected chi connectivity index (χ1v) is 7.48. The van der Waals surface area contributed by atoms with Gasteiger partial charge in [0.15, 0.2) is 6.23 Å². The first-order chi connectivity index (χ1) is 9.69. The fourth-order valence-corrected chi connectivity index (χ4v) is 2.28. The van der Waals surface area contributed by atoms with Crippen molar-refractivity contribution in [1.29, 1.82) is 0 Å². The van der Waals surface area contributed by atoms with Gasteiger partial charge < -0.3 is 30.5 Å². The van der Waals surface area contributed by atoms with Crippen LogP contribution in [0.5, 0.6) is 0 Å². The Bertz CT molecular complexity index is 654. The maximum atomic E-state index is 11.7. The molecule has 11 heteroatoms. The molecule has 0 bridgehead atoms. The highest BCUT2D eigenvalue weighted by Gasteiger charge is 2.43. The number of aliphatic hydroxyl groups excluding tert-OH is 2. The van der Waals surface area contributed by atoms with E-state index in [1.807, 2.05) is 0 Å². The number of hydrogen-bond donors (Lipinski definition) is 5. The molecule has 0 aliphatic carbocycles. The first kappa shape index (κ1) is 15.8. The second kappa shape index (κ2) is 5.68. The summed E-state index contributed by atoms with van der Waals surface area (Å²) >= 11 is 0. The van der Waals surface area contributed by atoms with E-state index in [1.165, 1.54) is 12.3 Å². The number of anilines is 1. The van der Waals surface area contributed by atoms with Gasteiger partial charge in [-0.3, -0.25) is 9.13 Å². The van der Waals surface area contributed by atoms with Crippen LogP contribution in [0.25, 0.3) is 0 Å². The average Bonchev–Trinajstić information content (AvgIpc) is 2.64. The molecule has 116 valence electrons. The van der Waals surface area contributed by atoms with Crippen LogP contribution >= 0.6 is 7.60 Å². The van der Waals surface area contributed by atoms with E-state index in [4.69, 9.17) is 20.3 Å². The highest BCUT2D eigenvalue weighted by atomic mass is 31.2. The second-order valence-electron chi connectivity index (χ2n) is 4.45. The van der Waals surface area contributed by atoms with E-state index >= 15 is 0 Å². The lowest BCUT2D eigenvalue weighted by atomic mass is 10.1. The molecule has 0 saturated carbocycles. The highest BCUT2D eigenvalue weighted by Crippen LogP contribution is 2.38. The molecule has 6 N–H and O–H groups in total. The summed E-state index contributed by atoms with van der Waals surface area (Å²) in [7, 11) is -4.42. The van der Waals surface area contributed by atoms with E-state index in [9.17, 15) is 19.6 Å². The van der Waals surface area contributed by atoms with Gasteiger partial charge in [0.05, 0.1) is 0 Å². The number of ether oxygens (including phenoxy) is 1. The predicted octanol–water partition coefficient (Wildman–Crippen LogP) is -1.86. The minimum atomic E-state index is -4.42. The van der Waals surface area contributed by atoms with Crippen molar-refractivity contribution >= 4 is 13.4 Å². The van der Waals surface area contributed by atoms with Gasteiger partial charge in [0.1, 0.15) is 24.1 Å². The molecule has 1 aliphatic rings. The van der Waals surface area contributed by atoms with E-state index in [1.54, 1.807) is 0 Å². The maximum absolute atomic E-state index is 11.7. The van der Waals surface area contributed by atoms with Gasteiger partial charge in [-0.2, -0.15) is 4.98 Å². The molecule has 0 spiro atoms. The quantitative estimate of drug-likeness (QED) is 0.401. The van der Waals surface area contributed by atoms with Crippen LogP contribution in [0.15, 0.2) is 29.0 Å². The number of aliphatic hydroxyl groups is 2. The molecule has 10 nitrogen and oxygen atoms in total. The molecular weight excluding hydrogens is 305 g/mol. The maximum Gasteiger partial charge on any atom is 0.351 e. The fourth-order valence-electron chi connectivity index (χ4n) is 1.89. The van der Waals surface area contributed by atoms with E-state index < -0.39 is 37.8 Å².